The van der Waals surface area contributed by atoms with Gasteiger partial charge in [-0.15, -0.1) is 11.6 Å². The van der Waals surface area contributed by atoms with Gasteiger partial charge in [-0.25, -0.2) is 0 Å². The first-order chi connectivity index (χ1) is 6.63. The molecular weight excluding hydrogens is 228 g/mol. The molecule has 0 N–H and O–H groups in total. The fraction of sp³-hybridized carbons (Fsp3) is 0.727. The summed E-state index contributed by atoms with van der Waals surface area (Å²) >= 11 is 6.06. The molecule has 0 rings (SSSR count). The third-order valence-electron chi connectivity index (χ3n) is 2.08. The number of ketones is 1. The van der Waals surface area contributed by atoms with Crippen molar-refractivity contribution in [1.29, 1.82) is 0 Å². The number of carbonyl (C=O) groups is 1. The van der Waals surface area contributed by atoms with Gasteiger partial charge in [-0.3, -0.25) is 4.79 Å². The van der Waals surface area contributed by atoms with Crippen LogP contribution in [0, 0.1) is 0 Å². The summed E-state index contributed by atoms with van der Waals surface area (Å²) in [4.78, 5) is 11.9. The van der Waals surface area contributed by atoms with Gasteiger partial charge in [0.05, 0.1) is 5.38 Å². The standard InChI is InChI=1S/C11H21ClO2Si/c1-7-8-10(13)11(3,9(2)12)14-15(4,5)6/h7-9H,1-6H3/b8-7+/t9-,11-/m0/s1. The lowest BCUT2D eigenvalue weighted by atomic mass is 9.97. The van der Waals surface area contributed by atoms with E-state index in [4.69, 9.17) is 16.0 Å². The van der Waals surface area contributed by atoms with Crippen molar-refractivity contribution in [3.8, 4) is 0 Å². The molecule has 4 heteroatoms. The molecule has 0 saturated carbocycles. The molecule has 0 unspecified atom stereocenters. The molecule has 2 nitrogen and oxygen atoms in total. The molecule has 0 fully saturated rings. The maximum absolute atomic E-state index is 11.9. The predicted molar refractivity (Wildman–Crippen MR) is 68.0 cm³/mol. The molecule has 0 aromatic carbocycles. The molecule has 0 aromatic rings. The molecule has 0 bridgehead atoms. The SMILES string of the molecule is C/C=C/C(=O)[C@@](C)(O[Si](C)(C)C)[C@H](C)Cl. The third kappa shape index (κ3) is 4.49. The number of alkyl halides is 1. The molecule has 0 saturated heterocycles. The fourth-order valence-electron chi connectivity index (χ4n) is 1.28. The van der Waals surface area contributed by atoms with Crippen molar-refractivity contribution in [2.45, 2.75) is 51.4 Å². The van der Waals surface area contributed by atoms with Gasteiger partial charge in [0.25, 0.3) is 0 Å². The summed E-state index contributed by atoms with van der Waals surface area (Å²) < 4.78 is 5.91. The Bertz CT molecular complexity index is 256. The maximum atomic E-state index is 11.9. The Morgan fingerprint density at radius 2 is 1.93 bits per heavy atom. The second-order valence-electron chi connectivity index (χ2n) is 4.80. The van der Waals surface area contributed by atoms with Gasteiger partial charge in [0.15, 0.2) is 14.1 Å². The van der Waals surface area contributed by atoms with E-state index in [1.54, 1.807) is 19.9 Å². The minimum atomic E-state index is -1.79. The summed E-state index contributed by atoms with van der Waals surface area (Å²) in [7, 11) is -1.79. The Morgan fingerprint density at radius 1 is 1.47 bits per heavy atom. The predicted octanol–water partition coefficient (Wildman–Crippen LogP) is 3.37. The number of hydrogen-bond donors (Lipinski definition) is 0. The minimum Gasteiger partial charge on any atom is -0.404 e. The van der Waals surface area contributed by atoms with E-state index >= 15 is 0 Å². The van der Waals surface area contributed by atoms with Gasteiger partial charge in [0.1, 0.15) is 5.60 Å². The second kappa shape index (κ2) is 5.28. The number of halogens is 1. The first-order valence-corrected chi connectivity index (χ1v) is 8.99. The monoisotopic (exact) mass is 248 g/mol. The Balaban J connectivity index is 4.99. The summed E-state index contributed by atoms with van der Waals surface area (Å²) in [6.07, 6.45) is 3.24. The second-order valence-corrected chi connectivity index (χ2v) is 9.89. The minimum absolute atomic E-state index is 0.0603. The van der Waals surface area contributed by atoms with Crippen LogP contribution in [-0.4, -0.2) is 25.1 Å². The molecule has 0 heterocycles. The van der Waals surface area contributed by atoms with Crippen LogP contribution in [0.25, 0.3) is 0 Å². The van der Waals surface area contributed by atoms with Crippen LogP contribution in [0.15, 0.2) is 12.2 Å². The highest BCUT2D eigenvalue weighted by Gasteiger charge is 2.40. The lowest BCUT2D eigenvalue weighted by Gasteiger charge is -2.36. The van der Waals surface area contributed by atoms with Crippen LogP contribution in [0.1, 0.15) is 20.8 Å². The van der Waals surface area contributed by atoms with Crippen LogP contribution in [0.2, 0.25) is 19.6 Å². The summed E-state index contributed by atoms with van der Waals surface area (Å²) in [5, 5.41) is -0.340. The smallest absolute Gasteiger partial charge is 0.187 e. The molecule has 0 radical (unpaired) electrons. The van der Waals surface area contributed by atoms with Crippen molar-refractivity contribution in [1.82, 2.24) is 0 Å². The quantitative estimate of drug-likeness (QED) is 0.424. The van der Waals surface area contributed by atoms with Gasteiger partial charge in [-0.1, -0.05) is 6.08 Å². The van der Waals surface area contributed by atoms with Gasteiger partial charge < -0.3 is 4.43 Å². The van der Waals surface area contributed by atoms with Crippen molar-refractivity contribution in [3.63, 3.8) is 0 Å². The highest BCUT2D eigenvalue weighted by Crippen LogP contribution is 2.26. The highest BCUT2D eigenvalue weighted by atomic mass is 35.5. The van der Waals surface area contributed by atoms with E-state index in [2.05, 4.69) is 0 Å². The number of hydrogen-bond acceptors (Lipinski definition) is 2. The van der Waals surface area contributed by atoms with Crippen molar-refractivity contribution in [2.24, 2.45) is 0 Å². The summed E-state index contributed by atoms with van der Waals surface area (Å²) in [6, 6.07) is 0. The van der Waals surface area contributed by atoms with Crippen LogP contribution < -0.4 is 0 Å². The van der Waals surface area contributed by atoms with Crippen LogP contribution in [0.5, 0.6) is 0 Å². The van der Waals surface area contributed by atoms with Crippen LogP contribution in [0.4, 0.5) is 0 Å². The highest BCUT2D eigenvalue weighted by molar-refractivity contribution is 6.70. The molecule has 0 amide bonds. The molecule has 0 aliphatic carbocycles. The van der Waals surface area contributed by atoms with E-state index in [1.807, 2.05) is 26.6 Å². The number of allylic oxidation sites excluding steroid dienone is 1. The van der Waals surface area contributed by atoms with E-state index in [1.165, 1.54) is 6.08 Å². The summed E-state index contributed by atoms with van der Waals surface area (Å²) in [5.74, 6) is -0.0603. The largest absolute Gasteiger partial charge is 0.404 e. The average Bonchev–Trinajstić information content (AvgIpc) is 2.01. The molecule has 0 spiro atoms. The lowest BCUT2D eigenvalue weighted by molar-refractivity contribution is -0.128. The van der Waals surface area contributed by atoms with Crippen molar-refractivity contribution < 1.29 is 9.22 Å². The molecule has 0 aromatic heterocycles. The molecule has 0 aliphatic rings. The van der Waals surface area contributed by atoms with Gasteiger partial charge in [0.2, 0.25) is 0 Å². The Morgan fingerprint density at radius 3 is 2.20 bits per heavy atom. The average molecular weight is 249 g/mol. The van der Waals surface area contributed by atoms with Crippen LogP contribution >= 0.6 is 11.6 Å². The summed E-state index contributed by atoms with van der Waals surface area (Å²) in [5.41, 5.74) is -0.904. The number of rotatable bonds is 5. The molecule has 0 aliphatic heterocycles. The Kier molecular flexibility index (Phi) is 5.24. The van der Waals surface area contributed by atoms with Gasteiger partial charge >= 0.3 is 0 Å². The lowest BCUT2D eigenvalue weighted by Crippen LogP contribution is -2.51. The van der Waals surface area contributed by atoms with Crippen LogP contribution in [0.3, 0.4) is 0 Å². The first kappa shape index (κ1) is 14.9. The molecule has 88 valence electrons. The van der Waals surface area contributed by atoms with Crippen molar-refractivity contribution in [3.05, 3.63) is 12.2 Å². The Hall–Kier alpha value is -0.123. The molecule has 2 atom stereocenters. The molecular formula is C11H21ClO2Si. The van der Waals surface area contributed by atoms with E-state index in [9.17, 15) is 4.79 Å². The van der Waals surface area contributed by atoms with Crippen molar-refractivity contribution >= 4 is 25.7 Å². The van der Waals surface area contributed by atoms with Gasteiger partial charge in [-0.05, 0) is 46.5 Å². The normalized spacial score (nSPS) is 18.9. The zero-order valence-corrected chi connectivity index (χ0v) is 12.2. The first-order valence-electron chi connectivity index (χ1n) is 5.15. The Labute approximate surface area is 98.8 Å². The van der Waals surface area contributed by atoms with E-state index in [0.717, 1.165) is 0 Å². The zero-order valence-electron chi connectivity index (χ0n) is 10.4. The summed E-state index contributed by atoms with van der Waals surface area (Å²) in [6.45, 7) is 11.5. The van der Waals surface area contributed by atoms with E-state index < -0.39 is 13.9 Å². The molecule has 15 heavy (non-hydrogen) atoms. The topological polar surface area (TPSA) is 26.3 Å². The third-order valence-corrected chi connectivity index (χ3v) is 3.54. The fourth-order valence-corrected chi connectivity index (χ4v) is 3.06. The van der Waals surface area contributed by atoms with E-state index in [-0.39, 0.29) is 11.2 Å². The van der Waals surface area contributed by atoms with Gasteiger partial charge in [-0.2, -0.15) is 0 Å². The van der Waals surface area contributed by atoms with Crippen LogP contribution in [-0.2, 0) is 9.22 Å². The maximum Gasteiger partial charge on any atom is 0.187 e. The zero-order chi connectivity index (χ0) is 12.3. The van der Waals surface area contributed by atoms with Crippen molar-refractivity contribution in [2.75, 3.05) is 0 Å². The number of carbonyl (C=O) groups excluding carboxylic acids is 1. The van der Waals surface area contributed by atoms with Gasteiger partial charge in [0, 0.05) is 0 Å². The van der Waals surface area contributed by atoms with E-state index in [0.29, 0.717) is 0 Å².